The van der Waals surface area contributed by atoms with Crippen molar-refractivity contribution in [1.82, 2.24) is 9.80 Å². The van der Waals surface area contributed by atoms with Gasteiger partial charge >= 0.3 is 0 Å². The highest BCUT2D eigenvalue weighted by Gasteiger charge is 2.21. The van der Waals surface area contributed by atoms with Gasteiger partial charge in [0.15, 0.2) is 0 Å². The number of carbonyl (C=O) groups is 2. The average molecular weight is 413 g/mol. The van der Waals surface area contributed by atoms with E-state index in [4.69, 9.17) is 0 Å². The van der Waals surface area contributed by atoms with Crippen LogP contribution in [0.5, 0.6) is 0 Å². The minimum Gasteiger partial charge on any atom is -0.325 e. The van der Waals surface area contributed by atoms with Crippen molar-refractivity contribution in [2.45, 2.75) is 19.8 Å². The lowest BCUT2D eigenvalue weighted by atomic mass is 10.0. The molecule has 7 heteroatoms. The fraction of sp³-hybridized carbons (Fsp3) is 0.391. The van der Waals surface area contributed by atoms with Gasteiger partial charge in [0.2, 0.25) is 11.8 Å². The molecule has 0 bridgehead atoms. The number of rotatable bonds is 7. The second kappa shape index (κ2) is 10.3. The summed E-state index contributed by atoms with van der Waals surface area (Å²) in [6, 6.07) is 13.7. The van der Waals surface area contributed by atoms with Crippen LogP contribution in [-0.4, -0.2) is 60.9 Å². The normalized spacial score (nSPS) is 15.2. The number of benzene rings is 2. The van der Waals surface area contributed by atoms with Gasteiger partial charge in [-0.25, -0.2) is 4.39 Å². The number of amides is 2. The van der Waals surface area contributed by atoms with Crippen LogP contribution in [0.15, 0.2) is 48.5 Å². The first-order chi connectivity index (χ1) is 14.4. The minimum absolute atomic E-state index is 0.0274. The molecule has 0 unspecified atom stereocenters. The molecule has 0 radical (unpaired) electrons. The van der Waals surface area contributed by atoms with Crippen LogP contribution in [0.4, 0.5) is 15.8 Å². The van der Waals surface area contributed by atoms with E-state index < -0.39 is 0 Å². The first kappa shape index (κ1) is 21.9. The number of nitrogens with one attached hydrogen (secondary N) is 2. The van der Waals surface area contributed by atoms with Gasteiger partial charge in [-0.2, -0.15) is 0 Å². The SMILES string of the molecule is CC(C)c1ccccc1NC(=O)CN1CCN(CC(=O)Nc2cccc(F)c2)CC1. The molecular weight excluding hydrogens is 383 g/mol. The third-order valence-electron chi connectivity index (χ3n) is 5.16. The maximum absolute atomic E-state index is 13.2. The van der Waals surface area contributed by atoms with E-state index in [0.29, 0.717) is 44.3 Å². The molecule has 2 aromatic rings. The summed E-state index contributed by atoms with van der Waals surface area (Å²) in [6.45, 7) is 7.62. The first-order valence-corrected chi connectivity index (χ1v) is 10.3. The molecule has 2 N–H and O–H groups in total. The summed E-state index contributed by atoms with van der Waals surface area (Å²) >= 11 is 0. The van der Waals surface area contributed by atoms with Crippen LogP contribution < -0.4 is 10.6 Å². The molecule has 1 saturated heterocycles. The number of para-hydroxylation sites is 1. The lowest BCUT2D eigenvalue weighted by molar-refractivity contribution is -0.120. The lowest BCUT2D eigenvalue weighted by Gasteiger charge is -2.33. The van der Waals surface area contributed by atoms with Crippen LogP contribution in [-0.2, 0) is 9.59 Å². The molecule has 1 aliphatic rings. The molecule has 0 saturated carbocycles. The third kappa shape index (κ3) is 6.37. The molecule has 160 valence electrons. The highest BCUT2D eigenvalue weighted by Crippen LogP contribution is 2.23. The molecule has 6 nitrogen and oxygen atoms in total. The van der Waals surface area contributed by atoms with E-state index in [-0.39, 0.29) is 24.2 Å². The zero-order chi connectivity index (χ0) is 21.5. The molecule has 1 heterocycles. The Hall–Kier alpha value is -2.77. The van der Waals surface area contributed by atoms with Gasteiger partial charge in [-0.1, -0.05) is 38.1 Å². The van der Waals surface area contributed by atoms with Crippen molar-refractivity contribution in [3.05, 3.63) is 59.9 Å². The Morgan fingerprint density at radius 1 is 0.900 bits per heavy atom. The Morgan fingerprint density at radius 3 is 2.10 bits per heavy atom. The predicted molar refractivity (Wildman–Crippen MR) is 117 cm³/mol. The van der Waals surface area contributed by atoms with Crippen molar-refractivity contribution in [3.63, 3.8) is 0 Å². The molecular formula is C23H29FN4O2. The third-order valence-corrected chi connectivity index (χ3v) is 5.16. The zero-order valence-electron chi connectivity index (χ0n) is 17.5. The van der Waals surface area contributed by atoms with Gasteiger partial charge in [-0.3, -0.25) is 19.4 Å². The first-order valence-electron chi connectivity index (χ1n) is 10.3. The van der Waals surface area contributed by atoms with Crippen LogP contribution in [0, 0.1) is 5.82 Å². The van der Waals surface area contributed by atoms with Crippen molar-refractivity contribution in [2.24, 2.45) is 0 Å². The molecule has 2 aromatic carbocycles. The summed E-state index contributed by atoms with van der Waals surface area (Å²) in [5.41, 5.74) is 2.45. The Kier molecular flexibility index (Phi) is 7.54. The number of hydrogen-bond acceptors (Lipinski definition) is 4. The summed E-state index contributed by atoms with van der Waals surface area (Å²) in [5.74, 6) is -0.239. The zero-order valence-corrected chi connectivity index (χ0v) is 17.5. The molecule has 2 amide bonds. The molecule has 0 aromatic heterocycles. The van der Waals surface area contributed by atoms with Gasteiger partial charge in [-0.15, -0.1) is 0 Å². The summed E-state index contributed by atoms with van der Waals surface area (Å²) < 4.78 is 13.2. The highest BCUT2D eigenvalue weighted by molar-refractivity contribution is 5.93. The fourth-order valence-corrected chi connectivity index (χ4v) is 3.58. The maximum Gasteiger partial charge on any atom is 0.238 e. The van der Waals surface area contributed by atoms with Crippen molar-refractivity contribution in [3.8, 4) is 0 Å². The standard InChI is InChI=1S/C23H29FN4O2/c1-17(2)20-8-3-4-9-21(20)26-23(30)16-28-12-10-27(11-13-28)15-22(29)25-19-7-5-6-18(24)14-19/h3-9,14,17H,10-13,15-16H2,1-2H3,(H,25,29)(H,26,30). The Labute approximate surface area is 177 Å². The van der Waals surface area contributed by atoms with Gasteiger partial charge < -0.3 is 10.6 Å². The molecule has 0 spiro atoms. The van der Waals surface area contributed by atoms with Crippen LogP contribution in [0.25, 0.3) is 0 Å². The van der Waals surface area contributed by atoms with Crippen LogP contribution in [0.2, 0.25) is 0 Å². The number of nitrogens with zero attached hydrogens (tertiary/aromatic N) is 2. The monoisotopic (exact) mass is 412 g/mol. The second-order valence-electron chi connectivity index (χ2n) is 7.90. The Bertz CT molecular complexity index is 879. The Balaban J connectivity index is 1.42. The number of carbonyl (C=O) groups excluding carboxylic acids is 2. The number of anilines is 2. The van der Waals surface area contributed by atoms with Crippen molar-refractivity contribution >= 4 is 23.2 Å². The predicted octanol–water partition coefficient (Wildman–Crippen LogP) is 3.14. The maximum atomic E-state index is 13.2. The Morgan fingerprint density at radius 2 is 1.50 bits per heavy atom. The van der Waals surface area contributed by atoms with Gasteiger partial charge in [-0.05, 0) is 35.7 Å². The van der Waals surface area contributed by atoms with E-state index in [1.807, 2.05) is 29.2 Å². The van der Waals surface area contributed by atoms with Gasteiger partial charge in [0, 0.05) is 37.6 Å². The smallest absolute Gasteiger partial charge is 0.238 e. The van der Waals surface area contributed by atoms with Crippen molar-refractivity contribution in [2.75, 3.05) is 49.9 Å². The molecule has 0 atom stereocenters. The molecule has 0 aliphatic carbocycles. The van der Waals surface area contributed by atoms with Crippen molar-refractivity contribution < 1.29 is 14.0 Å². The van der Waals surface area contributed by atoms with E-state index >= 15 is 0 Å². The van der Waals surface area contributed by atoms with Crippen LogP contribution in [0.1, 0.15) is 25.3 Å². The summed E-state index contributed by atoms with van der Waals surface area (Å²) in [5, 5.41) is 5.74. The van der Waals surface area contributed by atoms with Gasteiger partial charge in [0.1, 0.15) is 5.82 Å². The van der Waals surface area contributed by atoms with E-state index in [1.165, 1.54) is 12.1 Å². The fourth-order valence-electron chi connectivity index (χ4n) is 3.58. The van der Waals surface area contributed by atoms with Crippen LogP contribution in [0.3, 0.4) is 0 Å². The number of piperazine rings is 1. The van der Waals surface area contributed by atoms with E-state index in [9.17, 15) is 14.0 Å². The molecule has 1 fully saturated rings. The summed E-state index contributed by atoms with van der Waals surface area (Å²) in [4.78, 5) is 28.8. The number of halogens is 1. The van der Waals surface area contributed by atoms with Gasteiger partial charge in [0.05, 0.1) is 13.1 Å². The topological polar surface area (TPSA) is 64.7 Å². The lowest BCUT2D eigenvalue weighted by Crippen LogP contribution is -2.50. The number of hydrogen-bond donors (Lipinski definition) is 2. The summed E-state index contributed by atoms with van der Waals surface area (Å²) in [6.07, 6.45) is 0. The van der Waals surface area contributed by atoms with E-state index in [1.54, 1.807) is 12.1 Å². The van der Waals surface area contributed by atoms with Crippen LogP contribution >= 0.6 is 0 Å². The van der Waals surface area contributed by atoms with Crippen molar-refractivity contribution in [1.29, 1.82) is 0 Å². The summed E-state index contributed by atoms with van der Waals surface area (Å²) in [7, 11) is 0. The second-order valence-corrected chi connectivity index (χ2v) is 7.90. The molecule has 1 aliphatic heterocycles. The van der Waals surface area contributed by atoms with E-state index in [2.05, 4.69) is 29.4 Å². The van der Waals surface area contributed by atoms with E-state index in [0.717, 1.165) is 11.3 Å². The molecule has 3 rings (SSSR count). The largest absolute Gasteiger partial charge is 0.325 e. The average Bonchev–Trinajstić information content (AvgIpc) is 2.69. The molecule has 30 heavy (non-hydrogen) atoms. The quantitative estimate of drug-likeness (QED) is 0.733. The van der Waals surface area contributed by atoms with Gasteiger partial charge in [0.25, 0.3) is 0 Å². The minimum atomic E-state index is -0.379. The highest BCUT2D eigenvalue weighted by atomic mass is 19.1.